The number of phosphoric ester groups is 1. The molecular formula is C18H30NO7P. The lowest BCUT2D eigenvalue weighted by Crippen LogP contribution is -2.31. The summed E-state index contributed by atoms with van der Waals surface area (Å²) in [7, 11) is -3.15. The predicted molar refractivity (Wildman–Crippen MR) is 101 cm³/mol. The first-order chi connectivity index (χ1) is 12.9. The minimum Gasteiger partial charge on any atom is -0.468 e. The molecule has 3 N–H and O–H groups in total. The molecule has 154 valence electrons. The van der Waals surface area contributed by atoms with Crippen LogP contribution < -0.4 is 10.1 Å². The number of carbonyl (C=O) groups excluding carboxylic acids is 1. The van der Waals surface area contributed by atoms with E-state index in [-0.39, 0.29) is 19.3 Å². The molecule has 1 unspecified atom stereocenters. The first kappa shape index (κ1) is 23.6. The Morgan fingerprint density at radius 1 is 1.22 bits per heavy atom. The van der Waals surface area contributed by atoms with E-state index < -0.39 is 13.9 Å². The van der Waals surface area contributed by atoms with E-state index in [4.69, 9.17) is 19.3 Å². The Hall–Kier alpha value is -1.44. The third-order valence-corrected chi connectivity index (χ3v) is 4.34. The zero-order valence-corrected chi connectivity index (χ0v) is 16.8. The van der Waals surface area contributed by atoms with Crippen LogP contribution in [0.4, 0.5) is 0 Å². The van der Waals surface area contributed by atoms with Gasteiger partial charge in [0.1, 0.15) is 5.75 Å². The van der Waals surface area contributed by atoms with Gasteiger partial charge in [0.25, 0.3) is 0 Å². The maximum absolute atomic E-state index is 12.2. The fourth-order valence-corrected chi connectivity index (χ4v) is 2.84. The second kappa shape index (κ2) is 12.9. The van der Waals surface area contributed by atoms with E-state index >= 15 is 0 Å². The average molecular weight is 403 g/mol. The van der Waals surface area contributed by atoms with E-state index in [9.17, 15) is 9.36 Å². The van der Waals surface area contributed by atoms with Gasteiger partial charge in [-0.25, -0.2) is 4.57 Å². The molecule has 0 saturated carbocycles. The predicted octanol–water partition coefficient (Wildman–Crippen LogP) is 3.30. The molecule has 1 amide bonds. The number of benzene rings is 1. The summed E-state index contributed by atoms with van der Waals surface area (Å²) in [5, 5.41) is 2.79. The molecule has 0 heterocycles. The maximum Gasteiger partial charge on any atom is 0.469 e. The van der Waals surface area contributed by atoms with Crippen LogP contribution in [0.15, 0.2) is 24.3 Å². The highest BCUT2D eigenvalue weighted by Gasteiger charge is 2.21. The Balaban J connectivity index is 2.72. The van der Waals surface area contributed by atoms with Crippen molar-refractivity contribution in [1.29, 1.82) is 0 Å². The molecule has 9 heteroatoms. The van der Waals surface area contributed by atoms with Gasteiger partial charge in [0, 0.05) is 13.5 Å². The summed E-state index contributed by atoms with van der Waals surface area (Å²) in [4.78, 5) is 30.2. The first-order valence-electron chi connectivity index (χ1n) is 9.07. The molecule has 0 fully saturated rings. The van der Waals surface area contributed by atoms with Crippen molar-refractivity contribution in [3.63, 3.8) is 0 Å². The van der Waals surface area contributed by atoms with Crippen molar-refractivity contribution in [2.24, 2.45) is 0 Å². The SMILES string of the molecule is CCCCCCCC(=O)NC(COP(=O)(O)O)c1cccc(OCOC)c1. The summed E-state index contributed by atoms with van der Waals surface area (Å²) in [6.07, 6.45) is 5.48. The van der Waals surface area contributed by atoms with Crippen molar-refractivity contribution in [2.75, 3.05) is 20.5 Å². The van der Waals surface area contributed by atoms with Crippen LogP contribution in [0.3, 0.4) is 0 Å². The Kier molecular flexibility index (Phi) is 11.2. The van der Waals surface area contributed by atoms with Gasteiger partial charge in [-0.1, -0.05) is 44.7 Å². The van der Waals surface area contributed by atoms with Crippen molar-refractivity contribution in [1.82, 2.24) is 5.32 Å². The molecule has 0 bridgehead atoms. The van der Waals surface area contributed by atoms with Crippen molar-refractivity contribution in [3.8, 4) is 5.75 Å². The Labute approximate surface area is 160 Å². The largest absolute Gasteiger partial charge is 0.469 e. The topological polar surface area (TPSA) is 114 Å². The number of unbranched alkanes of at least 4 members (excludes halogenated alkanes) is 4. The number of nitrogens with one attached hydrogen (secondary N) is 1. The van der Waals surface area contributed by atoms with E-state index in [0.717, 1.165) is 32.1 Å². The summed E-state index contributed by atoms with van der Waals surface area (Å²) < 4.78 is 25.9. The quantitative estimate of drug-likeness (QED) is 0.248. The number of amides is 1. The van der Waals surface area contributed by atoms with E-state index in [1.807, 2.05) is 0 Å². The molecule has 0 spiro atoms. The van der Waals surface area contributed by atoms with Gasteiger partial charge in [-0.3, -0.25) is 9.32 Å². The fraction of sp³-hybridized carbons (Fsp3) is 0.611. The van der Waals surface area contributed by atoms with Crippen LogP contribution >= 0.6 is 7.82 Å². The van der Waals surface area contributed by atoms with Gasteiger partial charge in [-0.2, -0.15) is 0 Å². The number of phosphoric acid groups is 1. The van der Waals surface area contributed by atoms with Gasteiger partial charge in [0.2, 0.25) is 5.91 Å². The smallest absolute Gasteiger partial charge is 0.468 e. The van der Waals surface area contributed by atoms with Crippen LogP contribution in [0, 0.1) is 0 Å². The zero-order valence-electron chi connectivity index (χ0n) is 15.9. The van der Waals surface area contributed by atoms with Crippen LogP contribution in [0.2, 0.25) is 0 Å². The lowest BCUT2D eigenvalue weighted by Gasteiger charge is -2.20. The van der Waals surface area contributed by atoms with Crippen molar-refractivity contribution < 1.29 is 33.1 Å². The molecule has 1 aromatic carbocycles. The molecule has 1 atom stereocenters. The monoisotopic (exact) mass is 403 g/mol. The van der Waals surface area contributed by atoms with E-state index in [1.54, 1.807) is 24.3 Å². The minimum atomic E-state index is -4.65. The lowest BCUT2D eigenvalue weighted by atomic mass is 10.1. The molecule has 27 heavy (non-hydrogen) atoms. The number of hydrogen-bond acceptors (Lipinski definition) is 5. The maximum atomic E-state index is 12.2. The highest BCUT2D eigenvalue weighted by atomic mass is 31.2. The molecule has 8 nitrogen and oxygen atoms in total. The summed E-state index contributed by atoms with van der Waals surface area (Å²) >= 11 is 0. The van der Waals surface area contributed by atoms with Gasteiger partial charge in [-0.15, -0.1) is 0 Å². The molecule has 0 aliphatic heterocycles. The second-order valence-electron chi connectivity index (χ2n) is 6.19. The summed E-state index contributed by atoms with van der Waals surface area (Å²) in [6, 6.07) is 6.15. The average Bonchev–Trinajstić information content (AvgIpc) is 2.62. The normalized spacial score (nSPS) is 12.6. The zero-order chi connectivity index (χ0) is 20.1. The molecule has 1 aromatic rings. The van der Waals surface area contributed by atoms with Crippen LogP contribution in [-0.4, -0.2) is 36.2 Å². The third kappa shape index (κ3) is 11.1. The summed E-state index contributed by atoms with van der Waals surface area (Å²) in [5.74, 6) is 0.332. The third-order valence-electron chi connectivity index (χ3n) is 3.86. The van der Waals surface area contributed by atoms with Crippen molar-refractivity contribution in [2.45, 2.75) is 51.5 Å². The number of rotatable bonds is 14. The summed E-state index contributed by atoms with van der Waals surface area (Å²) in [6.45, 7) is 1.85. The molecular weight excluding hydrogens is 373 g/mol. The standard InChI is InChI=1S/C18H30NO7P/c1-3-4-5-6-7-11-18(20)19-17(13-26-27(21,22)23)15-9-8-10-16(12-15)25-14-24-2/h8-10,12,17H,3-7,11,13-14H2,1-2H3,(H,19,20)(H2,21,22,23). The Morgan fingerprint density at radius 3 is 2.63 bits per heavy atom. The van der Waals surface area contributed by atoms with Crippen LogP contribution in [0.25, 0.3) is 0 Å². The first-order valence-corrected chi connectivity index (χ1v) is 10.6. The second-order valence-corrected chi connectivity index (χ2v) is 7.43. The molecule has 0 aliphatic rings. The van der Waals surface area contributed by atoms with Crippen LogP contribution in [-0.2, 0) is 18.6 Å². The molecule has 0 saturated heterocycles. The molecule has 1 rings (SSSR count). The number of ether oxygens (including phenoxy) is 2. The lowest BCUT2D eigenvalue weighted by molar-refractivity contribution is -0.122. The Bertz CT molecular complexity index is 605. The Morgan fingerprint density at radius 2 is 1.96 bits per heavy atom. The summed E-state index contributed by atoms with van der Waals surface area (Å²) in [5.41, 5.74) is 0.622. The van der Waals surface area contributed by atoms with Gasteiger partial charge in [0.05, 0.1) is 12.6 Å². The van der Waals surface area contributed by atoms with Gasteiger partial charge < -0.3 is 24.6 Å². The van der Waals surface area contributed by atoms with E-state index in [2.05, 4.69) is 16.8 Å². The van der Waals surface area contributed by atoms with Crippen LogP contribution in [0.1, 0.15) is 57.1 Å². The highest BCUT2D eigenvalue weighted by molar-refractivity contribution is 7.46. The van der Waals surface area contributed by atoms with Crippen molar-refractivity contribution in [3.05, 3.63) is 29.8 Å². The fourth-order valence-electron chi connectivity index (χ4n) is 2.50. The van der Waals surface area contributed by atoms with Crippen LogP contribution in [0.5, 0.6) is 5.75 Å². The number of hydrogen-bond donors (Lipinski definition) is 3. The molecule has 0 aliphatic carbocycles. The van der Waals surface area contributed by atoms with Gasteiger partial charge in [-0.05, 0) is 24.1 Å². The van der Waals surface area contributed by atoms with E-state index in [1.165, 1.54) is 7.11 Å². The highest BCUT2D eigenvalue weighted by Crippen LogP contribution is 2.37. The minimum absolute atomic E-state index is 0.0667. The van der Waals surface area contributed by atoms with Gasteiger partial charge >= 0.3 is 7.82 Å². The van der Waals surface area contributed by atoms with E-state index in [0.29, 0.717) is 17.7 Å². The van der Waals surface area contributed by atoms with Gasteiger partial charge in [0.15, 0.2) is 6.79 Å². The van der Waals surface area contributed by atoms with Crippen molar-refractivity contribution >= 4 is 13.7 Å². The molecule has 0 radical (unpaired) electrons. The molecule has 0 aromatic heterocycles. The number of methoxy groups -OCH3 is 1. The number of carbonyl (C=O) groups is 1.